The molecule has 3 rings (SSSR count). The first-order chi connectivity index (χ1) is 11.1. The Morgan fingerprint density at radius 1 is 1.30 bits per heavy atom. The van der Waals surface area contributed by atoms with E-state index in [1.807, 2.05) is 19.4 Å². The summed E-state index contributed by atoms with van der Waals surface area (Å²) in [5.74, 6) is -0.187. The molecule has 1 N–H and O–H groups in total. The normalized spacial score (nSPS) is 22.7. The molecule has 1 aliphatic rings. The number of hydrogen-bond donors (Lipinski definition) is 1. The molecule has 1 fully saturated rings. The summed E-state index contributed by atoms with van der Waals surface area (Å²) in [6, 6.07) is 6.32. The van der Waals surface area contributed by atoms with Crippen LogP contribution in [0.1, 0.15) is 18.4 Å². The molecule has 5 nitrogen and oxygen atoms in total. The van der Waals surface area contributed by atoms with E-state index in [4.69, 9.17) is 4.74 Å². The molecule has 2 atom stereocenters. The second kappa shape index (κ2) is 7.10. The third-order valence-electron chi connectivity index (χ3n) is 4.18. The van der Waals surface area contributed by atoms with Crippen molar-refractivity contribution >= 4 is 0 Å². The van der Waals surface area contributed by atoms with Crippen molar-refractivity contribution in [2.24, 2.45) is 7.05 Å². The van der Waals surface area contributed by atoms with Crippen LogP contribution in [0.2, 0.25) is 0 Å². The first-order valence-corrected chi connectivity index (χ1v) is 7.91. The molecule has 1 aromatic carbocycles. The van der Waals surface area contributed by atoms with Crippen LogP contribution in [0.3, 0.4) is 0 Å². The van der Waals surface area contributed by atoms with Crippen LogP contribution in [0.15, 0.2) is 36.7 Å². The highest BCUT2D eigenvalue weighted by molar-refractivity contribution is 5.24. The van der Waals surface area contributed by atoms with Gasteiger partial charge in [-0.3, -0.25) is 9.58 Å². The largest absolute Gasteiger partial charge is 0.485 e. The summed E-state index contributed by atoms with van der Waals surface area (Å²) in [5, 5.41) is 14.5. The van der Waals surface area contributed by atoms with Gasteiger partial charge in [0, 0.05) is 38.4 Å². The summed E-state index contributed by atoms with van der Waals surface area (Å²) in [7, 11) is 1.90. The van der Waals surface area contributed by atoms with Crippen LogP contribution < -0.4 is 4.74 Å². The summed E-state index contributed by atoms with van der Waals surface area (Å²) < 4.78 is 21.2. The van der Waals surface area contributed by atoms with Crippen LogP contribution in [-0.4, -0.2) is 45.1 Å². The van der Waals surface area contributed by atoms with Crippen LogP contribution in [0.25, 0.3) is 0 Å². The minimum Gasteiger partial charge on any atom is -0.485 e. The predicted molar refractivity (Wildman–Crippen MR) is 84.5 cm³/mol. The molecule has 23 heavy (non-hydrogen) atoms. The molecule has 1 aliphatic heterocycles. The quantitative estimate of drug-likeness (QED) is 0.936. The Labute approximate surface area is 135 Å². The maximum Gasteiger partial charge on any atom is 0.165 e. The highest BCUT2D eigenvalue weighted by Crippen LogP contribution is 2.22. The number of nitrogens with zero attached hydrogens (tertiary/aromatic N) is 3. The van der Waals surface area contributed by atoms with Gasteiger partial charge in [0.05, 0.1) is 12.3 Å². The van der Waals surface area contributed by atoms with Crippen LogP contribution in [0, 0.1) is 5.82 Å². The van der Waals surface area contributed by atoms with E-state index in [9.17, 15) is 9.50 Å². The summed E-state index contributed by atoms with van der Waals surface area (Å²) >= 11 is 0. The number of likely N-dealkylation sites (tertiary alicyclic amines) is 1. The van der Waals surface area contributed by atoms with Crippen LogP contribution in [0.4, 0.5) is 4.39 Å². The summed E-state index contributed by atoms with van der Waals surface area (Å²) in [5.41, 5.74) is 1.15. The maximum absolute atomic E-state index is 13.7. The molecule has 0 spiro atoms. The molecule has 2 aromatic rings. The van der Waals surface area contributed by atoms with E-state index >= 15 is 0 Å². The van der Waals surface area contributed by atoms with Crippen molar-refractivity contribution in [2.45, 2.75) is 31.6 Å². The zero-order valence-electron chi connectivity index (χ0n) is 13.2. The Bertz CT molecular complexity index is 646. The van der Waals surface area contributed by atoms with Crippen molar-refractivity contribution in [3.05, 3.63) is 48.0 Å². The second-order valence-corrected chi connectivity index (χ2v) is 6.03. The third kappa shape index (κ3) is 4.09. The molecule has 0 bridgehead atoms. The fraction of sp³-hybridized carbons (Fsp3) is 0.471. The van der Waals surface area contributed by atoms with Gasteiger partial charge in [-0.25, -0.2) is 4.39 Å². The lowest BCUT2D eigenvalue weighted by atomic mass is 10.1. The molecule has 0 radical (unpaired) electrons. The summed E-state index contributed by atoms with van der Waals surface area (Å²) in [6.07, 6.45) is 4.15. The van der Waals surface area contributed by atoms with Gasteiger partial charge in [-0.1, -0.05) is 12.1 Å². The minimum atomic E-state index is -0.589. The lowest BCUT2D eigenvalue weighted by Crippen LogP contribution is -2.31. The van der Waals surface area contributed by atoms with Gasteiger partial charge < -0.3 is 9.84 Å². The van der Waals surface area contributed by atoms with Crippen LogP contribution >= 0.6 is 0 Å². The number of aryl methyl sites for hydroxylation is 1. The number of aliphatic hydroxyl groups excluding tert-OH is 1. The minimum absolute atomic E-state index is 0.206. The molecule has 0 aliphatic carbocycles. The van der Waals surface area contributed by atoms with Crippen molar-refractivity contribution in [1.29, 1.82) is 0 Å². The second-order valence-electron chi connectivity index (χ2n) is 6.03. The van der Waals surface area contributed by atoms with Crippen LogP contribution in [-0.2, 0) is 13.6 Å². The molecule has 0 unspecified atom stereocenters. The number of halogens is 1. The van der Waals surface area contributed by atoms with Crippen molar-refractivity contribution in [2.75, 3.05) is 13.1 Å². The van der Waals surface area contributed by atoms with Gasteiger partial charge in [0.2, 0.25) is 0 Å². The number of para-hydroxylation sites is 1. The Hall–Kier alpha value is -1.92. The van der Waals surface area contributed by atoms with Gasteiger partial charge in [-0.05, 0) is 25.0 Å². The number of benzene rings is 1. The Balaban J connectivity index is 1.60. The highest BCUT2D eigenvalue weighted by atomic mass is 19.1. The lowest BCUT2D eigenvalue weighted by Gasteiger charge is -2.22. The average Bonchev–Trinajstić information content (AvgIpc) is 2.86. The van der Waals surface area contributed by atoms with E-state index in [1.165, 1.54) is 6.07 Å². The maximum atomic E-state index is 13.7. The molecule has 0 saturated carbocycles. The highest BCUT2D eigenvalue weighted by Gasteiger charge is 2.27. The monoisotopic (exact) mass is 319 g/mol. The number of aliphatic hydroxyl groups is 1. The van der Waals surface area contributed by atoms with Gasteiger partial charge >= 0.3 is 0 Å². The van der Waals surface area contributed by atoms with Crippen molar-refractivity contribution in [3.8, 4) is 5.75 Å². The Morgan fingerprint density at radius 3 is 2.83 bits per heavy atom. The summed E-state index contributed by atoms with van der Waals surface area (Å²) in [4.78, 5) is 2.27. The van der Waals surface area contributed by atoms with Gasteiger partial charge in [-0.15, -0.1) is 0 Å². The number of hydrogen-bond acceptors (Lipinski definition) is 4. The number of rotatable bonds is 4. The molecule has 1 saturated heterocycles. The first-order valence-electron chi connectivity index (χ1n) is 7.91. The molecule has 0 amide bonds. The van der Waals surface area contributed by atoms with E-state index in [1.54, 1.807) is 22.9 Å². The molecule has 1 aromatic heterocycles. The van der Waals surface area contributed by atoms with Gasteiger partial charge in [0.15, 0.2) is 11.6 Å². The fourth-order valence-electron chi connectivity index (χ4n) is 2.93. The Kier molecular flexibility index (Phi) is 4.93. The van der Waals surface area contributed by atoms with Crippen molar-refractivity contribution < 1.29 is 14.2 Å². The summed E-state index contributed by atoms with van der Waals surface area (Å²) in [6.45, 7) is 2.38. The standard InChI is InChI=1S/C17H22FN3O2/c1-20-11-13(10-19-20)12-21-8-6-15(22)17(7-9-21)23-16-5-3-2-4-14(16)18/h2-5,10-11,15,17,22H,6-9,12H2,1H3/t15-,17-/m0/s1. The van der Waals surface area contributed by atoms with E-state index in [-0.39, 0.29) is 11.9 Å². The third-order valence-corrected chi connectivity index (χ3v) is 4.18. The van der Waals surface area contributed by atoms with E-state index in [2.05, 4.69) is 10.00 Å². The number of ether oxygens (including phenoxy) is 1. The van der Waals surface area contributed by atoms with Gasteiger partial charge in [0.1, 0.15) is 6.10 Å². The SMILES string of the molecule is Cn1cc(CN2CC[C@H](Oc3ccccc3F)[C@@H](O)CC2)cn1. The van der Waals surface area contributed by atoms with Gasteiger partial charge in [0.25, 0.3) is 0 Å². The first kappa shape index (κ1) is 16.0. The van der Waals surface area contributed by atoms with E-state index in [0.29, 0.717) is 12.8 Å². The van der Waals surface area contributed by atoms with Crippen LogP contribution in [0.5, 0.6) is 5.75 Å². The van der Waals surface area contributed by atoms with E-state index < -0.39 is 11.9 Å². The Morgan fingerprint density at radius 2 is 2.09 bits per heavy atom. The van der Waals surface area contributed by atoms with Crippen molar-refractivity contribution in [1.82, 2.24) is 14.7 Å². The van der Waals surface area contributed by atoms with E-state index in [0.717, 1.165) is 25.2 Å². The fourth-order valence-corrected chi connectivity index (χ4v) is 2.93. The van der Waals surface area contributed by atoms with Crippen molar-refractivity contribution in [3.63, 3.8) is 0 Å². The zero-order chi connectivity index (χ0) is 16.2. The smallest absolute Gasteiger partial charge is 0.165 e. The molecular weight excluding hydrogens is 297 g/mol. The molecular formula is C17H22FN3O2. The average molecular weight is 319 g/mol. The van der Waals surface area contributed by atoms with Gasteiger partial charge in [-0.2, -0.15) is 5.10 Å². The lowest BCUT2D eigenvalue weighted by molar-refractivity contribution is 0.0328. The predicted octanol–water partition coefficient (Wildman–Crippen LogP) is 1.96. The number of aromatic nitrogens is 2. The topological polar surface area (TPSA) is 50.5 Å². The molecule has 6 heteroatoms. The zero-order valence-corrected chi connectivity index (χ0v) is 13.2. The molecule has 2 heterocycles. The molecule has 124 valence electrons.